The Labute approximate surface area is 121 Å². The normalized spacial score (nSPS) is 10.2. The maximum Gasteiger partial charge on any atom is 0.307 e. The fourth-order valence-electron chi connectivity index (χ4n) is 1.51. The molecule has 108 valence electrons. The van der Waals surface area contributed by atoms with Gasteiger partial charge in [0.2, 0.25) is 5.82 Å². The Kier molecular flexibility index (Phi) is 4.08. The number of aromatic nitrogens is 1. The molecule has 21 heavy (non-hydrogen) atoms. The maximum absolute atomic E-state index is 13.5. The number of amides is 1. The quantitative estimate of drug-likeness (QED) is 0.536. The predicted molar refractivity (Wildman–Crippen MR) is 70.2 cm³/mol. The van der Waals surface area contributed by atoms with E-state index in [9.17, 15) is 23.7 Å². The summed E-state index contributed by atoms with van der Waals surface area (Å²) in [6.45, 7) is 0. The van der Waals surface area contributed by atoms with Gasteiger partial charge in [-0.05, 0) is 12.1 Å². The second kappa shape index (κ2) is 5.80. The highest BCUT2D eigenvalue weighted by atomic mass is 35.5. The Morgan fingerprint density at radius 2 is 2.00 bits per heavy atom. The smallest absolute Gasteiger partial charge is 0.307 e. The molecule has 0 spiro atoms. The van der Waals surface area contributed by atoms with Crippen LogP contribution in [0.25, 0.3) is 0 Å². The summed E-state index contributed by atoms with van der Waals surface area (Å²) in [6.07, 6.45) is 1.26. The number of anilines is 1. The number of halogens is 3. The molecule has 0 aliphatic rings. The minimum atomic E-state index is -1.33. The molecule has 0 bridgehead atoms. The standard InChI is InChI=1S/C12H6ClF2N3O3/c13-11-3-6(1-2-16-11)12(19)17-9-5-10(18(20)21)8(15)4-7(9)14/h1-5H,(H,17,19). The van der Waals surface area contributed by atoms with Crippen molar-refractivity contribution in [3.63, 3.8) is 0 Å². The molecule has 0 aliphatic heterocycles. The molecule has 2 rings (SSSR count). The van der Waals surface area contributed by atoms with Crippen LogP contribution in [0.2, 0.25) is 5.15 Å². The van der Waals surface area contributed by atoms with Gasteiger partial charge in [-0.25, -0.2) is 9.37 Å². The molecule has 9 heteroatoms. The molecule has 0 saturated heterocycles. The lowest BCUT2D eigenvalue weighted by molar-refractivity contribution is -0.387. The van der Waals surface area contributed by atoms with E-state index < -0.39 is 33.8 Å². The van der Waals surface area contributed by atoms with E-state index in [1.54, 1.807) is 0 Å². The van der Waals surface area contributed by atoms with Crippen LogP contribution in [0.1, 0.15) is 10.4 Å². The Balaban J connectivity index is 2.33. The molecule has 0 aliphatic carbocycles. The summed E-state index contributed by atoms with van der Waals surface area (Å²) in [7, 11) is 0. The van der Waals surface area contributed by atoms with Gasteiger partial charge in [0, 0.05) is 23.9 Å². The molecule has 1 amide bonds. The van der Waals surface area contributed by atoms with Crippen molar-refractivity contribution in [1.29, 1.82) is 0 Å². The summed E-state index contributed by atoms with van der Waals surface area (Å²) in [5.41, 5.74) is -1.39. The first kappa shape index (κ1) is 14.8. The molecule has 1 aromatic heterocycles. The van der Waals surface area contributed by atoms with Crippen LogP contribution in [0.5, 0.6) is 0 Å². The monoisotopic (exact) mass is 313 g/mol. The molecular formula is C12H6ClF2N3O3. The lowest BCUT2D eigenvalue weighted by Gasteiger charge is -2.07. The zero-order valence-corrected chi connectivity index (χ0v) is 10.9. The zero-order valence-electron chi connectivity index (χ0n) is 10.1. The molecule has 0 saturated carbocycles. The molecule has 1 N–H and O–H groups in total. The molecule has 0 unspecified atom stereocenters. The van der Waals surface area contributed by atoms with Gasteiger partial charge in [-0.2, -0.15) is 4.39 Å². The number of nitrogens with one attached hydrogen (secondary N) is 1. The van der Waals surface area contributed by atoms with Crippen molar-refractivity contribution in [3.05, 3.63) is 62.9 Å². The zero-order chi connectivity index (χ0) is 15.6. The number of nitrogens with zero attached hydrogens (tertiary/aromatic N) is 2. The van der Waals surface area contributed by atoms with Gasteiger partial charge < -0.3 is 5.32 Å². The highest BCUT2D eigenvalue weighted by Gasteiger charge is 2.20. The van der Waals surface area contributed by atoms with Crippen molar-refractivity contribution < 1.29 is 18.5 Å². The summed E-state index contributed by atoms with van der Waals surface area (Å²) < 4.78 is 26.7. The van der Waals surface area contributed by atoms with Crippen molar-refractivity contribution in [2.45, 2.75) is 0 Å². The third-order valence-corrected chi connectivity index (χ3v) is 2.68. The van der Waals surface area contributed by atoms with Crippen LogP contribution in [0.4, 0.5) is 20.2 Å². The van der Waals surface area contributed by atoms with E-state index in [1.807, 2.05) is 0 Å². The van der Waals surface area contributed by atoms with Crippen LogP contribution in [0, 0.1) is 21.7 Å². The second-order valence-corrected chi connectivity index (χ2v) is 4.25. The molecule has 1 heterocycles. The number of benzene rings is 1. The van der Waals surface area contributed by atoms with Crippen molar-refractivity contribution in [2.75, 3.05) is 5.32 Å². The van der Waals surface area contributed by atoms with Crippen LogP contribution in [0.15, 0.2) is 30.5 Å². The van der Waals surface area contributed by atoms with E-state index in [4.69, 9.17) is 11.6 Å². The molecule has 0 radical (unpaired) electrons. The topological polar surface area (TPSA) is 85.1 Å². The fourth-order valence-corrected chi connectivity index (χ4v) is 1.69. The van der Waals surface area contributed by atoms with Crippen LogP contribution in [-0.4, -0.2) is 15.8 Å². The molecule has 1 aromatic carbocycles. The van der Waals surface area contributed by atoms with Gasteiger partial charge in [-0.15, -0.1) is 0 Å². The Morgan fingerprint density at radius 1 is 1.29 bits per heavy atom. The van der Waals surface area contributed by atoms with Gasteiger partial charge in [0.15, 0.2) is 0 Å². The molecular weight excluding hydrogens is 308 g/mol. The van der Waals surface area contributed by atoms with Crippen molar-refractivity contribution >= 4 is 28.9 Å². The van der Waals surface area contributed by atoms with Gasteiger partial charge in [0.05, 0.1) is 10.6 Å². The first-order chi connectivity index (χ1) is 9.88. The summed E-state index contributed by atoms with van der Waals surface area (Å²) >= 11 is 5.61. The van der Waals surface area contributed by atoms with Crippen molar-refractivity contribution in [3.8, 4) is 0 Å². The van der Waals surface area contributed by atoms with E-state index >= 15 is 0 Å². The largest absolute Gasteiger partial charge is 0.319 e. The number of hydrogen-bond acceptors (Lipinski definition) is 4. The number of carbonyl (C=O) groups excluding carboxylic acids is 1. The van der Waals surface area contributed by atoms with Gasteiger partial charge in [-0.1, -0.05) is 11.6 Å². The summed E-state index contributed by atoms with van der Waals surface area (Å²) in [4.78, 5) is 25.1. The van der Waals surface area contributed by atoms with Gasteiger partial charge in [0.1, 0.15) is 11.0 Å². The highest BCUT2D eigenvalue weighted by Crippen LogP contribution is 2.25. The number of nitro groups is 1. The van der Waals surface area contributed by atoms with Crippen LogP contribution in [0.3, 0.4) is 0 Å². The van der Waals surface area contributed by atoms with Gasteiger partial charge >= 0.3 is 5.69 Å². The molecule has 0 atom stereocenters. The second-order valence-electron chi connectivity index (χ2n) is 3.86. The van der Waals surface area contributed by atoms with Crippen molar-refractivity contribution in [2.24, 2.45) is 0 Å². The Morgan fingerprint density at radius 3 is 2.62 bits per heavy atom. The Hall–Kier alpha value is -2.61. The number of nitro benzene ring substituents is 1. The first-order valence-electron chi connectivity index (χ1n) is 5.45. The number of rotatable bonds is 3. The predicted octanol–water partition coefficient (Wildman–Crippen LogP) is 3.17. The molecule has 2 aromatic rings. The average molecular weight is 314 g/mol. The highest BCUT2D eigenvalue weighted by molar-refractivity contribution is 6.29. The van der Waals surface area contributed by atoms with Crippen LogP contribution < -0.4 is 5.32 Å². The van der Waals surface area contributed by atoms with Crippen LogP contribution >= 0.6 is 11.6 Å². The van der Waals surface area contributed by atoms with E-state index in [-0.39, 0.29) is 10.7 Å². The minimum absolute atomic E-state index is 0.0493. The number of pyridine rings is 1. The maximum atomic E-state index is 13.5. The lowest BCUT2D eigenvalue weighted by Crippen LogP contribution is -2.13. The summed E-state index contributed by atoms with van der Waals surface area (Å²) in [6, 6.07) is 3.47. The van der Waals surface area contributed by atoms with Gasteiger partial charge in [0.25, 0.3) is 5.91 Å². The van der Waals surface area contributed by atoms with E-state index in [1.165, 1.54) is 18.3 Å². The third kappa shape index (κ3) is 3.29. The average Bonchev–Trinajstić information content (AvgIpc) is 2.41. The van der Waals surface area contributed by atoms with E-state index in [2.05, 4.69) is 10.3 Å². The number of carbonyl (C=O) groups is 1. The molecule has 6 nitrogen and oxygen atoms in total. The summed E-state index contributed by atoms with van der Waals surface area (Å²) in [5.74, 6) is -3.23. The number of hydrogen-bond donors (Lipinski definition) is 1. The fraction of sp³-hybridized carbons (Fsp3) is 0. The SMILES string of the molecule is O=C(Nc1cc([N+](=O)[O-])c(F)cc1F)c1ccnc(Cl)c1. The third-order valence-electron chi connectivity index (χ3n) is 2.47. The van der Waals surface area contributed by atoms with E-state index in [0.29, 0.717) is 12.1 Å². The lowest BCUT2D eigenvalue weighted by atomic mass is 10.2. The van der Waals surface area contributed by atoms with Crippen LogP contribution in [-0.2, 0) is 0 Å². The van der Waals surface area contributed by atoms with Gasteiger partial charge in [-0.3, -0.25) is 14.9 Å². The summed E-state index contributed by atoms with van der Waals surface area (Å²) in [5, 5.41) is 12.7. The molecule has 0 fully saturated rings. The first-order valence-corrected chi connectivity index (χ1v) is 5.82. The Bertz CT molecular complexity index is 740. The minimum Gasteiger partial charge on any atom is -0.319 e. The van der Waals surface area contributed by atoms with E-state index in [0.717, 1.165) is 0 Å². The van der Waals surface area contributed by atoms with Crippen molar-refractivity contribution in [1.82, 2.24) is 4.98 Å².